The van der Waals surface area contributed by atoms with E-state index in [1.54, 1.807) is 31.4 Å². The Morgan fingerprint density at radius 2 is 2.09 bits per heavy atom. The van der Waals surface area contributed by atoms with E-state index in [-0.39, 0.29) is 37.9 Å². The van der Waals surface area contributed by atoms with Gasteiger partial charge >= 0.3 is 0 Å². The van der Waals surface area contributed by atoms with Crippen molar-refractivity contribution in [2.75, 3.05) is 32.6 Å². The number of fused-ring (bicyclic) bond motifs is 2. The second-order valence-corrected chi connectivity index (χ2v) is 8.32. The van der Waals surface area contributed by atoms with Gasteiger partial charge in [0, 0.05) is 31.3 Å². The molecule has 1 N–H and O–H groups in total. The van der Waals surface area contributed by atoms with Crippen molar-refractivity contribution in [3.63, 3.8) is 0 Å². The van der Waals surface area contributed by atoms with Crippen LogP contribution in [0.1, 0.15) is 6.42 Å². The summed E-state index contributed by atoms with van der Waals surface area (Å²) >= 11 is 0. The van der Waals surface area contributed by atoms with Gasteiger partial charge in [-0.3, -0.25) is 4.90 Å². The molecule has 0 aliphatic carbocycles. The Hall–Kier alpha value is -3.48. The maximum Gasteiger partial charge on any atom is 0.281 e. The molecule has 0 saturated carbocycles. The Morgan fingerprint density at radius 3 is 2.79 bits per heavy atom. The molecule has 0 spiro atoms. The van der Waals surface area contributed by atoms with E-state index in [4.69, 9.17) is 4.74 Å². The first-order chi connectivity index (χ1) is 16.2. The topological polar surface area (TPSA) is 85.4 Å². The molecule has 1 aromatic carbocycles. The SMILES string of the molecule is COc1nc(N[C@@H]2CN(C)CC2(F)F)nn2ccc(-c3ccc4nnn(CCC(F)F)c4c3)c12. The fourth-order valence-electron chi connectivity index (χ4n) is 4.23. The van der Waals surface area contributed by atoms with E-state index < -0.39 is 18.4 Å². The van der Waals surface area contributed by atoms with Crippen molar-refractivity contribution in [3.8, 4) is 17.0 Å². The minimum atomic E-state index is -2.92. The van der Waals surface area contributed by atoms with Gasteiger partial charge in [-0.05, 0) is 30.8 Å². The summed E-state index contributed by atoms with van der Waals surface area (Å²) in [6, 6.07) is 6.05. The summed E-state index contributed by atoms with van der Waals surface area (Å²) in [7, 11) is 3.07. The highest BCUT2D eigenvalue weighted by Crippen LogP contribution is 2.34. The Morgan fingerprint density at radius 1 is 1.26 bits per heavy atom. The van der Waals surface area contributed by atoms with Gasteiger partial charge in [-0.2, -0.15) is 4.98 Å². The summed E-state index contributed by atoms with van der Waals surface area (Å²) in [4.78, 5) is 5.86. The lowest BCUT2D eigenvalue weighted by Gasteiger charge is -2.19. The summed E-state index contributed by atoms with van der Waals surface area (Å²) in [6.07, 6.45) is -1.09. The number of aryl methyl sites for hydroxylation is 1. The van der Waals surface area contributed by atoms with Gasteiger partial charge in [-0.1, -0.05) is 11.3 Å². The predicted octanol–water partition coefficient (Wildman–Crippen LogP) is 3.17. The molecule has 0 amide bonds. The molecule has 4 aromatic rings. The van der Waals surface area contributed by atoms with Crippen molar-refractivity contribution in [1.82, 2.24) is 34.5 Å². The van der Waals surface area contributed by atoms with Gasteiger partial charge in [0.1, 0.15) is 17.1 Å². The smallest absolute Gasteiger partial charge is 0.281 e. The van der Waals surface area contributed by atoms with Crippen molar-refractivity contribution in [2.24, 2.45) is 0 Å². The maximum atomic E-state index is 14.2. The lowest BCUT2D eigenvalue weighted by molar-refractivity contribution is 0.00582. The molecule has 13 heteroatoms. The average molecular weight is 478 g/mol. The number of rotatable bonds is 7. The fraction of sp³-hybridized carbons (Fsp3) is 0.429. The minimum Gasteiger partial charge on any atom is -0.479 e. The van der Waals surface area contributed by atoms with Gasteiger partial charge in [-0.25, -0.2) is 26.8 Å². The summed E-state index contributed by atoms with van der Waals surface area (Å²) in [5, 5.41) is 15.1. The van der Waals surface area contributed by atoms with Crippen LogP contribution in [0.4, 0.5) is 23.5 Å². The zero-order valence-electron chi connectivity index (χ0n) is 18.4. The second kappa shape index (κ2) is 8.38. The molecule has 1 fully saturated rings. The van der Waals surface area contributed by atoms with Gasteiger partial charge in [0.05, 0.1) is 19.2 Å². The quantitative estimate of drug-likeness (QED) is 0.409. The van der Waals surface area contributed by atoms with Gasteiger partial charge in [0.25, 0.3) is 5.92 Å². The van der Waals surface area contributed by atoms with Crippen molar-refractivity contribution in [3.05, 3.63) is 30.5 Å². The summed E-state index contributed by atoms with van der Waals surface area (Å²) in [6.45, 7) is -0.152. The molecule has 1 saturated heterocycles. The average Bonchev–Trinajstić information content (AvgIpc) is 3.46. The van der Waals surface area contributed by atoms with Gasteiger partial charge < -0.3 is 10.1 Å². The molecule has 1 aliphatic heterocycles. The van der Waals surface area contributed by atoms with Crippen molar-refractivity contribution >= 4 is 22.5 Å². The highest BCUT2D eigenvalue weighted by atomic mass is 19.3. The highest BCUT2D eigenvalue weighted by Gasteiger charge is 2.47. The summed E-state index contributed by atoms with van der Waals surface area (Å²) in [5.74, 6) is -2.69. The number of nitrogens with zero attached hydrogens (tertiary/aromatic N) is 7. The van der Waals surface area contributed by atoms with Crippen LogP contribution in [-0.2, 0) is 6.54 Å². The predicted molar refractivity (Wildman–Crippen MR) is 117 cm³/mol. The summed E-state index contributed by atoms with van der Waals surface area (Å²) in [5.41, 5.74) is 3.20. The number of hydrogen-bond donors (Lipinski definition) is 1. The van der Waals surface area contributed by atoms with E-state index in [0.717, 1.165) is 11.1 Å². The van der Waals surface area contributed by atoms with Gasteiger partial charge in [-0.15, -0.1) is 10.2 Å². The molecule has 0 bridgehead atoms. The minimum absolute atomic E-state index is 0.0243. The number of aromatic nitrogens is 6. The van der Waals surface area contributed by atoms with Crippen LogP contribution in [0.3, 0.4) is 0 Å². The highest BCUT2D eigenvalue weighted by molar-refractivity contribution is 5.89. The third kappa shape index (κ3) is 4.00. The van der Waals surface area contributed by atoms with E-state index in [0.29, 0.717) is 16.6 Å². The van der Waals surface area contributed by atoms with E-state index >= 15 is 0 Å². The first-order valence-corrected chi connectivity index (χ1v) is 10.6. The molecule has 0 radical (unpaired) electrons. The first kappa shape index (κ1) is 22.3. The number of anilines is 1. The van der Waals surface area contributed by atoms with Crippen LogP contribution < -0.4 is 10.1 Å². The van der Waals surface area contributed by atoms with E-state index in [1.807, 2.05) is 6.07 Å². The fourth-order valence-corrected chi connectivity index (χ4v) is 4.23. The standard InChI is InChI=1S/C21H22F4N8O/c1-31-10-16(21(24,25)11-31)26-20-27-19(34-2)18-13(5-7-33(18)29-20)12-3-4-14-15(9-12)32(30-28-14)8-6-17(22)23/h3-5,7,9,16-17H,6,8,10-11H2,1-2H3,(H,26,29)/t16-/m1/s1. The Kier molecular flexibility index (Phi) is 5.50. The number of benzene rings is 1. The number of ether oxygens (including phenoxy) is 1. The third-order valence-corrected chi connectivity index (χ3v) is 5.84. The van der Waals surface area contributed by atoms with Crippen LogP contribution in [0.5, 0.6) is 5.88 Å². The van der Waals surface area contributed by atoms with E-state index in [2.05, 4.69) is 25.7 Å². The molecule has 34 heavy (non-hydrogen) atoms. The zero-order chi connectivity index (χ0) is 24.0. The number of likely N-dealkylation sites (N-methyl/N-ethyl adjacent to an activating group) is 1. The number of likely N-dealkylation sites (tertiary alicyclic amines) is 1. The molecule has 1 atom stereocenters. The van der Waals surface area contributed by atoms with Gasteiger partial charge in [0.15, 0.2) is 0 Å². The molecule has 9 nitrogen and oxygen atoms in total. The number of halogens is 4. The number of nitrogens with one attached hydrogen (secondary N) is 1. The molecule has 3 aromatic heterocycles. The first-order valence-electron chi connectivity index (χ1n) is 10.6. The number of alkyl halides is 4. The van der Waals surface area contributed by atoms with Crippen molar-refractivity contribution in [1.29, 1.82) is 0 Å². The monoisotopic (exact) mass is 478 g/mol. The van der Waals surface area contributed by atoms with Crippen LogP contribution >= 0.6 is 0 Å². The molecule has 1 aliphatic rings. The maximum absolute atomic E-state index is 14.2. The van der Waals surface area contributed by atoms with Crippen LogP contribution in [0, 0.1) is 0 Å². The Balaban J connectivity index is 1.51. The molecular formula is C21H22F4N8O. The van der Waals surface area contributed by atoms with Crippen LogP contribution in [0.2, 0.25) is 0 Å². The molecule has 0 unspecified atom stereocenters. The molecule has 5 rings (SSSR count). The Labute approximate surface area is 191 Å². The van der Waals surface area contributed by atoms with Crippen molar-refractivity contribution < 1.29 is 22.3 Å². The van der Waals surface area contributed by atoms with Crippen LogP contribution in [0.15, 0.2) is 30.5 Å². The second-order valence-electron chi connectivity index (χ2n) is 8.32. The van der Waals surface area contributed by atoms with Gasteiger partial charge in [0.2, 0.25) is 18.3 Å². The Bertz CT molecular complexity index is 1340. The van der Waals surface area contributed by atoms with E-state index in [1.165, 1.54) is 21.2 Å². The molecular weight excluding hydrogens is 456 g/mol. The lowest BCUT2D eigenvalue weighted by Crippen LogP contribution is -2.38. The number of methoxy groups -OCH3 is 1. The van der Waals surface area contributed by atoms with Crippen LogP contribution in [-0.4, -0.2) is 80.1 Å². The third-order valence-electron chi connectivity index (χ3n) is 5.84. The van der Waals surface area contributed by atoms with Crippen molar-refractivity contribution in [2.45, 2.75) is 31.4 Å². The molecule has 4 heterocycles. The largest absolute Gasteiger partial charge is 0.479 e. The number of hydrogen-bond acceptors (Lipinski definition) is 7. The molecule has 180 valence electrons. The summed E-state index contributed by atoms with van der Waals surface area (Å²) < 4.78 is 62.2. The zero-order valence-corrected chi connectivity index (χ0v) is 18.4. The normalized spacial score (nSPS) is 18.4. The lowest BCUT2D eigenvalue weighted by atomic mass is 10.1. The van der Waals surface area contributed by atoms with Crippen LogP contribution in [0.25, 0.3) is 27.7 Å². The van der Waals surface area contributed by atoms with E-state index in [9.17, 15) is 17.6 Å².